The van der Waals surface area contributed by atoms with Crippen molar-refractivity contribution in [3.63, 3.8) is 0 Å². The van der Waals surface area contributed by atoms with Gasteiger partial charge in [0.1, 0.15) is 9.79 Å². The summed E-state index contributed by atoms with van der Waals surface area (Å²) >= 11 is 7.09. The minimum atomic E-state index is -3.53. The van der Waals surface area contributed by atoms with Crippen LogP contribution in [0.25, 0.3) is 11.0 Å². The molecule has 1 aliphatic rings. The molecule has 1 amide bonds. The Labute approximate surface area is 170 Å². The Kier molecular flexibility index (Phi) is 5.44. The minimum absolute atomic E-state index is 0.176. The van der Waals surface area contributed by atoms with Gasteiger partial charge >= 0.3 is 0 Å². The van der Waals surface area contributed by atoms with Gasteiger partial charge in [-0.1, -0.05) is 11.6 Å². The molecule has 1 aromatic carbocycles. The summed E-state index contributed by atoms with van der Waals surface area (Å²) in [7, 11) is -3.53. The first-order valence-corrected chi connectivity index (χ1v) is 11.2. The normalized spacial score (nSPS) is 15.8. The predicted octanol–water partition coefficient (Wildman–Crippen LogP) is 3.10. The zero-order valence-corrected chi connectivity index (χ0v) is 17.1. The Balaban J connectivity index is 1.43. The molecule has 0 atom stereocenters. The van der Waals surface area contributed by atoms with Gasteiger partial charge in [0.25, 0.3) is 15.9 Å². The van der Waals surface area contributed by atoms with Gasteiger partial charge in [-0.15, -0.1) is 11.3 Å². The standard InChI is InChI=1S/C18H17ClN2O5S2/c19-13-1-3-15-12(9-13)10-16(26-15)18(22)20-11-14-2-4-17(27-14)28(23,24)21-5-7-25-8-6-21/h1-4,9-10H,5-8,11H2,(H,20,22). The average Bonchev–Trinajstić information content (AvgIpc) is 3.34. The summed E-state index contributed by atoms with van der Waals surface area (Å²) in [6.45, 7) is 1.71. The molecular weight excluding hydrogens is 424 g/mol. The summed E-state index contributed by atoms with van der Waals surface area (Å²) < 4.78 is 37.7. The molecule has 1 fully saturated rings. The van der Waals surface area contributed by atoms with E-state index in [2.05, 4.69) is 5.32 Å². The van der Waals surface area contributed by atoms with E-state index in [0.717, 1.165) is 21.6 Å². The Morgan fingerprint density at radius 1 is 1.18 bits per heavy atom. The summed E-state index contributed by atoms with van der Waals surface area (Å²) in [5.74, 6) is -0.201. The largest absolute Gasteiger partial charge is 0.451 e. The lowest BCUT2D eigenvalue weighted by molar-refractivity contribution is 0.0731. The fourth-order valence-corrected chi connectivity index (χ4v) is 5.93. The van der Waals surface area contributed by atoms with Crippen LogP contribution in [0.1, 0.15) is 15.4 Å². The highest BCUT2D eigenvalue weighted by molar-refractivity contribution is 7.91. The number of hydrogen-bond acceptors (Lipinski definition) is 6. The fourth-order valence-electron chi connectivity index (χ4n) is 2.89. The van der Waals surface area contributed by atoms with Gasteiger partial charge < -0.3 is 14.5 Å². The molecule has 3 heterocycles. The number of carbonyl (C=O) groups excluding carboxylic acids is 1. The second-order valence-corrected chi connectivity index (χ2v) is 9.98. The van der Waals surface area contributed by atoms with Crippen LogP contribution >= 0.6 is 22.9 Å². The van der Waals surface area contributed by atoms with E-state index >= 15 is 0 Å². The molecular formula is C18H17ClN2O5S2. The Morgan fingerprint density at radius 3 is 2.75 bits per heavy atom. The molecule has 10 heteroatoms. The van der Waals surface area contributed by atoms with Crippen molar-refractivity contribution >= 4 is 49.8 Å². The highest BCUT2D eigenvalue weighted by Gasteiger charge is 2.27. The van der Waals surface area contributed by atoms with Crippen LogP contribution < -0.4 is 5.32 Å². The summed E-state index contributed by atoms with van der Waals surface area (Å²) in [6, 6.07) is 10.0. The first kappa shape index (κ1) is 19.4. The van der Waals surface area contributed by atoms with E-state index in [1.165, 1.54) is 4.31 Å². The van der Waals surface area contributed by atoms with Crippen LogP contribution in [-0.2, 0) is 21.3 Å². The summed E-state index contributed by atoms with van der Waals surface area (Å²) in [5, 5.41) is 4.06. The van der Waals surface area contributed by atoms with Crippen LogP contribution in [0.2, 0.25) is 5.02 Å². The van der Waals surface area contributed by atoms with Gasteiger partial charge in [-0.25, -0.2) is 8.42 Å². The third-order valence-electron chi connectivity index (χ3n) is 4.33. The van der Waals surface area contributed by atoms with Gasteiger partial charge in [0.15, 0.2) is 5.76 Å². The van der Waals surface area contributed by atoms with Crippen molar-refractivity contribution < 1.29 is 22.4 Å². The molecule has 148 valence electrons. The van der Waals surface area contributed by atoms with Crippen molar-refractivity contribution in [1.29, 1.82) is 0 Å². The number of amides is 1. The van der Waals surface area contributed by atoms with Crippen LogP contribution in [0.3, 0.4) is 0 Å². The van der Waals surface area contributed by atoms with Crippen LogP contribution in [0.5, 0.6) is 0 Å². The number of morpholine rings is 1. The molecule has 7 nitrogen and oxygen atoms in total. The minimum Gasteiger partial charge on any atom is -0.451 e. The van der Waals surface area contributed by atoms with Crippen molar-refractivity contribution in [2.75, 3.05) is 26.3 Å². The highest BCUT2D eigenvalue weighted by Crippen LogP contribution is 2.26. The first-order chi connectivity index (χ1) is 13.4. The van der Waals surface area contributed by atoms with E-state index in [1.54, 1.807) is 36.4 Å². The smallest absolute Gasteiger partial charge is 0.287 e. The number of carbonyl (C=O) groups is 1. The maximum atomic E-state index is 12.7. The van der Waals surface area contributed by atoms with Crippen LogP contribution in [0.15, 0.2) is 45.0 Å². The van der Waals surface area contributed by atoms with E-state index < -0.39 is 10.0 Å². The number of benzene rings is 1. The summed E-state index contributed by atoms with van der Waals surface area (Å²) in [5.41, 5.74) is 0.574. The number of fused-ring (bicyclic) bond motifs is 1. The monoisotopic (exact) mass is 440 g/mol. The molecule has 0 aliphatic carbocycles. The number of ether oxygens (including phenoxy) is 1. The second-order valence-electron chi connectivity index (χ2n) is 6.21. The van der Waals surface area contributed by atoms with Crippen molar-refractivity contribution in [2.24, 2.45) is 0 Å². The molecule has 0 radical (unpaired) electrons. The van der Waals surface area contributed by atoms with Crippen molar-refractivity contribution in [3.05, 3.63) is 52.1 Å². The second kappa shape index (κ2) is 7.84. The number of hydrogen-bond donors (Lipinski definition) is 1. The summed E-state index contributed by atoms with van der Waals surface area (Å²) in [6.07, 6.45) is 0. The maximum Gasteiger partial charge on any atom is 0.287 e. The summed E-state index contributed by atoms with van der Waals surface area (Å²) in [4.78, 5) is 13.1. The van der Waals surface area contributed by atoms with Gasteiger partial charge in [-0.05, 0) is 36.4 Å². The van der Waals surface area contributed by atoms with E-state index in [0.29, 0.717) is 36.9 Å². The number of halogens is 1. The third-order valence-corrected chi connectivity index (χ3v) is 8.01. The quantitative estimate of drug-likeness (QED) is 0.658. The number of rotatable bonds is 5. The Hall–Kier alpha value is -1.91. The zero-order valence-electron chi connectivity index (χ0n) is 14.7. The lowest BCUT2D eigenvalue weighted by atomic mass is 10.2. The number of furan rings is 1. The highest BCUT2D eigenvalue weighted by atomic mass is 35.5. The van der Waals surface area contributed by atoms with E-state index in [1.807, 2.05) is 0 Å². The molecule has 0 saturated carbocycles. The van der Waals surface area contributed by atoms with Gasteiger partial charge in [-0.2, -0.15) is 4.31 Å². The zero-order chi connectivity index (χ0) is 19.7. The molecule has 1 N–H and O–H groups in total. The third kappa shape index (κ3) is 3.94. The molecule has 4 rings (SSSR count). The topological polar surface area (TPSA) is 88.9 Å². The van der Waals surface area contributed by atoms with Crippen LogP contribution in [0, 0.1) is 0 Å². The lowest BCUT2D eigenvalue weighted by Gasteiger charge is -2.25. The molecule has 0 unspecified atom stereocenters. The van der Waals surface area contributed by atoms with E-state index in [4.69, 9.17) is 20.8 Å². The maximum absolute atomic E-state index is 12.7. The average molecular weight is 441 g/mol. The van der Waals surface area contributed by atoms with Crippen LogP contribution in [0.4, 0.5) is 0 Å². The van der Waals surface area contributed by atoms with Crippen molar-refractivity contribution in [2.45, 2.75) is 10.8 Å². The number of nitrogens with zero attached hydrogens (tertiary/aromatic N) is 1. The van der Waals surface area contributed by atoms with Crippen molar-refractivity contribution in [3.8, 4) is 0 Å². The van der Waals surface area contributed by atoms with Gasteiger partial charge in [-0.3, -0.25) is 4.79 Å². The SMILES string of the molecule is O=C(NCc1ccc(S(=O)(=O)N2CCOCC2)s1)c1cc2cc(Cl)ccc2o1. The van der Waals surface area contributed by atoms with Gasteiger partial charge in [0.2, 0.25) is 0 Å². The van der Waals surface area contributed by atoms with E-state index in [-0.39, 0.29) is 22.4 Å². The fraction of sp³-hybridized carbons (Fsp3) is 0.278. The van der Waals surface area contributed by atoms with Gasteiger partial charge in [0, 0.05) is 28.4 Å². The molecule has 1 aliphatic heterocycles. The molecule has 3 aromatic rings. The molecule has 0 spiro atoms. The molecule has 1 saturated heterocycles. The molecule has 2 aromatic heterocycles. The number of sulfonamides is 1. The number of nitrogens with one attached hydrogen (secondary N) is 1. The Morgan fingerprint density at radius 2 is 1.96 bits per heavy atom. The lowest BCUT2D eigenvalue weighted by Crippen LogP contribution is -2.40. The Bertz CT molecular complexity index is 1120. The van der Waals surface area contributed by atoms with Crippen LogP contribution in [-0.4, -0.2) is 44.9 Å². The van der Waals surface area contributed by atoms with Gasteiger partial charge in [0.05, 0.1) is 19.8 Å². The van der Waals surface area contributed by atoms with Crippen molar-refractivity contribution in [1.82, 2.24) is 9.62 Å². The molecule has 28 heavy (non-hydrogen) atoms. The number of thiophene rings is 1. The molecule has 0 bridgehead atoms. The van der Waals surface area contributed by atoms with E-state index in [9.17, 15) is 13.2 Å². The predicted molar refractivity (Wildman–Crippen MR) is 106 cm³/mol. The first-order valence-electron chi connectivity index (χ1n) is 8.57.